The Hall–Kier alpha value is -1.02. The number of aryl methyl sites for hydroxylation is 2. The molecule has 0 amide bonds. The van der Waals surface area contributed by atoms with E-state index in [1.165, 1.54) is 42.5 Å². The summed E-state index contributed by atoms with van der Waals surface area (Å²) < 4.78 is 5.57. The van der Waals surface area contributed by atoms with Crippen LogP contribution in [0, 0.1) is 13.8 Å². The Bertz CT molecular complexity index is 375. The highest BCUT2D eigenvalue weighted by atomic mass is 16.5. The van der Waals surface area contributed by atoms with Gasteiger partial charge in [-0.2, -0.15) is 0 Å². The van der Waals surface area contributed by atoms with Crippen LogP contribution in [0.4, 0.5) is 5.69 Å². The minimum absolute atomic E-state index is 0.366. The fraction of sp³-hybridized carbons (Fsp3) is 0.600. The zero-order valence-electron chi connectivity index (χ0n) is 11.1. The van der Waals surface area contributed by atoms with Gasteiger partial charge >= 0.3 is 0 Å². The first-order valence-corrected chi connectivity index (χ1v) is 6.57. The molecule has 1 aromatic carbocycles. The zero-order valence-corrected chi connectivity index (χ0v) is 11.1. The topological polar surface area (TPSA) is 21.3 Å². The van der Waals surface area contributed by atoms with Gasteiger partial charge in [0.25, 0.3) is 0 Å². The van der Waals surface area contributed by atoms with Crippen LogP contribution >= 0.6 is 0 Å². The number of nitrogens with one attached hydrogen (secondary N) is 1. The van der Waals surface area contributed by atoms with Gasteiger partial charge in [-0.15, -0.1) is 0 Å². The monoisotopic (exact) mass is 233 g/mol. The molecule has 0 heterocycles. The maximum atomic E-state index is 5.57. The quantitative estimate of drug-likeness (QED) is 0.860. The molecule has 0 aliphatic heterocycles. The Balaban J connectivity index is 2.05. The van der Waals surface area contributed by atoms with Crippen molar-refractivity contribution >= 4 is 5.69 Å². The molecule has 94 valence electrons. The summed E-state index contributed by atoms with van der Waals surface area (Å²) in [5.41, 5.74) is 3.92. The highest BCUT2D eigenvalue weighted by Crippen LogP contribution is 2.25. The molecular weight excluding hydrogens is 210 g/mol. The number of rotatable bonds is 3. The highest BCUT2D eigenvalue weighted by Gasteiger charge is 2.24. The van der Waals surface area contributed by atoms with Crippen LogP contribution in [-0.4, -0.2) is 19.3 Å². The SMILES string of the molecule is CO[C@H]1CCCC[C@@H]1Nc1ccc(C)c(C)c1. The van der Waals surface area contributed by atoms with Crippen molar-refractivity contribution in [2.45, 2.75) is 51.7 Å². The Morgan fingerprint density at radius 1 is 1.12 bits per heavy atom. The van der Waals surface area contributed by atoms with E-state index < -0.39 is 0 Å². The third-order valence-electron chi connectivity index (χ3n) is 3.86. The summed E-state index contributed by atoms with van der Waals surface area (Å²) in [5.74, 6) is 0. The number of hydrogen-bond donors (Lipinski definition) is 1. The lowest BCUT2D eigenvalue weighted by Crippen LogP contribution is -2.37. The number of methoxy groups -OCH3 is 1. The van der Waals surface area contributed by atoms with Gasteiger partial charge in [-0.1, -0.05) is 18.9 Å². The Morgan fingerprint density at radius 2 is 1.88 bits per heavy atom. The van der Waals surface area contributed by atoms with E-state index >= 15 is 0 Å². The molecule has 0 aromatic heterocycles. The molecule has 0 radical (unpaired) electrons. The number of anilines is 1. The fourth-order valence-electron chi connectivity index (χ4n) is 2.59. The van der Waals surface area contributed by atoms with Crippen LogP contribution in [0.3, 0.4) is 0 Å². The van der Waals surface area contributed by atoms with Gasteiger partial charge < -0.3 is 10.1 Å². The van der Waals surface area contributed by atoms with Crippen molar-refractivity contribution in [3.05, 3.63) is 29.3 Å². The van der Waals surface area contributed by atoms with Gasteiger partial charge in [0.15, 0.2) is 0 Å². The molecule has 2 rings (SSSR count). The van der Waals surface area contributed by atoms with Crippen molar-refractivity contribution in [1.82, 2.24) is 0 Å². The average molecular weight is 233 g/mol. The molecule has 1 aliphatic carbocycles. The summed E-state index contributed by atoms with van der Waals surface area (Å²) in [6, 6.07) is 7.05. The molecule has 1 fully saturated rings. The lowest BCUT2D eigenvalue weighted by molar-refractivity contribution is 0.0606. The van der Waals surface area contributed by atoms with Crippen molar-refractivity contribution < 1.29 is 4.74 Å². The van der Waals surface area contributed by atoms with E-state index in [0.29, 0.717) is 12.1 Å². The van der Waals surface area contributed by atoms with Crippen molar-refractivity contribution in [1.29, 1.82) is 0 Å². The van der Waals surface area contributed by atoms with E-state index in [1.54, 1.807) is 0 Å². The van der Waals surface area contributed by atoms with Gasteiger partial charge in [-0.3, -0.25) is 0 Å². The van der Waals surface area contributed by atoms with E-state index in [4.69, 9.17) is 4.74 Å². The molecule has 2 heteroatoms. The van der Waals surface area contributed by atoms with Crippen LogP contribution in [0.25, 0.3) is 0 Å². The second kappa shape index (κ2) is 5.54. The number of hydrogen-bond acceptors (Lipinski definition) is 2. The van der Waals surface area contributed by atoms with E-state index in [1.807, 2.05) is 7.11 Å². The van der Waals surface area contributed by atoms with Gasteiger partial charge in [0, 0.05) is 12.8 Å². The van der Waals surface area contributed by atoms with E-state index in [2.05, 4.69) is 37.4 Å². The smallest absolute Gasteiger partial charge is 0.0772 e. The Labute approximate surface area is 104 Å². The zero-order chi connectivity index (χ0) is 12.3. The van der Waals surface area contributed by atoms with Crippen molar-refractivity contribution in [3.63, 3.8) is 0 Å². The molecule has 0 unspecified atom stereocenters. The lowest BCUT2D eigenvalue weighted by atomic mass is 9.92. The maximum absolute atomic E-state index is 5.57. The molecule has 2 nitrogen and oxygen atoms in total. The van der Waals surface area contributed by atoms with Crippen LogP contribution in [0.15, 0.2) is 18.2 Å². The summed E-state index contributed by atoms with van der Waals surface area (Å²) in [4.78, 5) is 0. The molecular formula is C15H23NO. The van der Waals surface area contributed by atoms with Crippen LogP contribution in [0.1, 0.15) is 36.8 Å². The third-order valence-corrected chi connectivity index (χ3v) is 3.86. The summed E-state index contributed by atoms with van der Waals surface area (Å²) in [5, 5.41) is 3.62. The summed E-state index contributed by atoms with van der Waals surface area (Å²) >= 11 is 0. The van der Waals surface area contributed by atoms with Gasteiger partial charge in [-0.25, -0.2) is 0 Å². The van der Waals surface area contributed by atoms with Crippen LogP contribution in [-0.2, 0) is 4.74 Å². The minimum Gasteiger partial charge on any atom is -0.380 e. The molecule has 1 aromatic rings. The largest absolute Gasteiger partial charge is 0.380 e. The summed E-state index contributed by atoms with van der Waals surface area (Å²) in [7, 11) is 1.82. The summed E-state index contributed by atoms with van der Waals surface area (Å²) in [6.07, 6.45) is 5.36. The van der Waals surface area contributed by atoms with E-state index in [9.17, 15) is 0 Å². The van der Waals surface area contributed by atoms with Crippen molar-refractivity contribution in [2.75, 3.05) is 12.4 Å². The number of ether oxygens (including phenoxy) is 1. The fourth-order valence-corrected chi connectivity index (χ4v) is 2.59. The van der Waals surface area contributed by atoms with Gasteiger partial charge in [0.2, 0.25) is 0 Å². The first kappa shape index (κ1) is 12.4. The van der Waals surface area contributed by atoms with Crippen molar-refractivity contribution in [3.8, 4) is 0 Å². The second-order valence-electron chi connectivity index (χ2n) is 5.11. The molecule has 2 atom stereocenters. The van der Waals surface area contributed by atoms with Gasteiger partial charge in [0.1, 0.15) is 0 Å². The summed E-state index contributed by atoms with van der Waals surface area (Å²) in [6.45, 7) is 4.31. The predicted molar refractivity (Wildman–Crippen MR) is 72.6 cm³/mol. The minimum atomic E-state index is 0.366. The van der Waals surface area contributed by atoms with Gasteiger partial charge in [-0.05, 0) is 49.9 Å². The van der Waals surface area contributed by atoms with Crippen LogP contribution in [0.2, 0.25) is 0 Å². The third kappa shape index (κ3) is 3.01. The second-order valence-corrected chi connectivity index (χ2v) is 5.11. The molecule has 0 spiro atoms. The first-order valence-electron chi connectivity index (χ1n) is 6.57. The lowest BCUT2D eigenvalue weighted by Gasteiger charge is -2.32. The van der Waals surface area contributed by atoms with Crippen LogP contribution in [0.5, 0.6) is 0 Å². The highest BCUT2D eigenvalue weighted by molar-refractivity contribution is 5.49. The first-order chi connectivity index (χ1) is 8.20. The standard InChI is InChI=1S/C15H23NO/c1-11-8-9-13(10-12(11)2)16-14-6-4-5-7-15(14)17-3/h8-10,14-16H,4-7H2,1-3H3/t14-,15-/m0/s1. The Morgan fingerprint density at radius 3 is 2.59 bits per heavy atom. The normalized spacial score (nSPS) is 24.6. The van der Waals surface area contributed by atoms with Crippen LogP contribution < -0.4 is 5.32 Å². The molecule has 1 aliphatic rings. The molecule has 0 saturated heterocycles. The van der Waals surface area contributed by atoms with Gasteiger partial charge in [0.05, 0.1) is 12.1 Å². The average Bonchev–Trinajstić information content (AvgIpc) is 2.34. The molecule has 1 saturated carbocycles. The number of benzene rings is 1. The molecule has 0 bridgehead atoms. The Kier molecular flexibility index (Phi) is 4.06. The van der Waals surface area contributed by atoms with Crippen molar-refractivity contribution in [2.24, 2.45) is 0 Å². The molecule has 1 N–H and O–H groups in total. The predicted octanol–water partition coefficient (Wildman–Crippen LogP) is 3.67. The maximum Gasteiger partial charge on any atom is 0.0772 e. The van der Waals surface area contributed by atoms with E-state index in [-0.39, 0.29) is 0 Å². The molecule has 17 heavy (non-hydrogen) atoms. The van der Waals surface area contributed by atoms with E-state index in [0.717, 1.165) is 0 Å².